The molecule has 3 aliphatic heterocycles. The molecule has 10 aromatic rings. The lowest BCUT2D eigenvalue weighted by Gasteiger charge is -2.51. The third-order valence-corrected chi connectivity index (χ3v) is 18.4. The van der Waals surface area contributed by atoms with Crippen LogP contribution in [0.1, 0.15) is 74.8 Å². The highest BCUT2D eigenvalue weighted by Crippen LogP contribution is 2.40. The van der Waals surface area contributed by atoms with Gasteiger partial charge in [-0.05, 0) is 81.9 Å². The van der Waals surface area contributed by atoms with E-state index in [1.54, 1.807) is 84.9 Å². The van der Waals surface area contributed by atoms with E-state index in [4.69, 9.17) is 71.1 Å². The van der Waals surface area contributed by atoms with E-state index in [0.717, 1.165) is 27.8 Å². The Morgan fingerprint density at radius 1 is 0.259 bits per heavy atom. The summed E-state index contributed by atoms with van der Waals surface area (Å²) in [5.41, 5.74) is 5.25. The molecule has 3 saturated heterocycles. The van der Waals surface area contributed by atoms with Crippen molar-refractivity contribution < 1.29 is 95.3 Å². The highest BCUT2D eigenvalue weighted by Gasteiger charge is 2.59. The van der Waals surface area contributed by atoms with E-state index in [1.807, 2.05) is 182 Å². The van der Waals surface area contributed by atoms with Crippen LogP contribution in [-0.2, 0) is 111 Å². The van der Waals surface area contributed by atoms with E-state index in [1.165, 1.54) is 36.4 Å². The molecule has 108 heavy (non-hydrogen) atoms. The minimum Gasteiger partial charge on any atom is -0.459 e. The fraction of sp³-hybridized carbons (Fsp3) is 0.273. The number of carbonyl (C=O) groups is 4. The molecule has 0 amide bonds. The third-order valence-electron chi connectivity index (χ3n) is 18.4. The van der Waals surface area contributed by atoms with Crippen molar-refractivity contribution in [1.82, 2.24) is 0 Å². The Hall–Kier alpha value is -10.4. The largest absolute Gasteiger partial charge is 0.459 e. The van der Waals surface area contributed by atoms with E-state index in [0.29, 0.717) is 5.56 Å². The fourth-order valence-electron chi connectivity index (χ4n) is 13.0. The maximum absolute atomic E-state index is 15.1. The molecule has 20 nitrogen and oxygen atoms in total. The zero-order chi connectivity index (χ0) is 74.1. The zero-order valence-electron chi connectivity index (χ0n) is 59.1. The molecular weight excluding hydrogens is 1380 g/mol. The van der Waals surface area contributed by atoms with Crippen LogP contribution in [0.4, 0.5) is 0 Å². The summed E-state index contributed by atoms with van der Waals surface area (Å²) in [6.45, 7) is -0.819. The second kappa shape index (κ2) is 38.9. The smallest absolute Gasteiger partial charge is 0.338 e. The van der Waals surface area contributed by atoms with Crippen molar-refractivity contribution in [2.24, 2.45) is 0 Å². The van der Waals surface area contributed by atoms with Crippen LogP contribution in [0.2, 0.25) is 0 Å². The summed E-state index contributed by atoms with van der Waals surface area (Å²) < 4.78 is 104. The summed E-state index contributed by atoms with van der Waals surface area (Å²) in [6, 6.07) is 89.5. The number of aliphatic hydroxyl groups excluding tert-OH is 1. The molecule has 0 aromatic heterocycles. The van der Waals surface area contributed by atoms with Crippen LogP contribution in [0, 0.1) is 0 Å². The number of rotatable bonds is 33. The molecule has 13 rings (SSSR count). The van der Waals surface area contributed by atoms with Crippen molar-refractivity contribution in [3.63, 3.8) is 0 Å². The van der Waals surface area contributed by atoms with Gasteiger partial charge in [-0.1, -0.05) is 255 Å². The summed E-state index contributed by atoms with van der Waals surface area (Å²) in [5, 5.41) is 12.9. The van der Waals surface area contributed by atoms with Gasteiger partial charge in [-0.15, -0.1) is 0 Å². The highest BCUT2D eigenvalue weighted by molar-refractivity contribution is 5.91. The first-order valence-electron chi connectivity index (χ1n) is 35.9. The van der Waals surface area contributed by atoms with E-state index < -0.39 is 123 Å². The van der Waals surface area contributed by atoms with Crippen LogP contribution in [-0.4, -0.2) is 141 Å². The molecular formula is C88H84O20. The lowest BCUT2D eigenvalue weighted by atomic mass is 9.95. The van der Waals surface area contributed by atoms with Crippen molar-refractivity contribution in [1.29, 1.82) is 0 Å². The number of esters is 4. The molecule has 0 radical (unpaired) electrons. The van der Waals surface area contributed by atoms with Crippen LogP contribution in [0.25, 0.3) is 0 Å². The third kappa shape index (κ3) is 20.8. The van der Waals surface area contributed by atoms with E-state index in [9.17, 15) is 14.7 Å². The van der Waals surface area contributed by atoms with Crippen molar-refractivity contribution >= 4 is 23.9 Å². The minimum atomic E-state index is -1.96. The van der Waals surface area contributed by atoms with Gasteiger partial charge in [0.15, 0.2) is 37.2 Å². The minimum absolute atomic E-state index is 0.000431. The molecule has 20 heteroatoms. The summed E-state index contributed by atoms with van der Waals surface area (Å²) in [4.78, 5) is 59.1. The Labute approximate surface area is 626 Å². The first-order valence-corrected chi connectivity index (χ1v) is 35.9. The first-order chi connectivity index (χ1) is 53.1. The average molecular weight is 1460 g/mol. The zero-order valence-corrected chi connectivity index (χ0v) is 59.1. The van der Waals surface area contributed by atoms with Crippen LogP contribution >= 0.6 is 0 Å². The second-order valence-corrected chi connectivity index (χ2v) is 26.1. The molecule has 15 atom stereocenters. The monoisotopic (exact) mass is 1460 g/mol. The Balaban J connectivity index is 0.967. The second-order valence-electron chi connectivity index (χ2n) is 26.1. The quantitative estimate of drug-likeness (QED) is 0.0298. The van der Waals surface area contributed by atoms with Gasteiger partial charge in [0.2, 0.25) is 0 Å². The Morgan fingerprint density at radius 3 is 0.944 bits per heavy atom. The molecule has 0 aliphatic carbocycles. The number of carbonyl (C=O) groups excluding carboxylic acids is 4. The number of benzene rings is 10. The summed E-state index contributed by atoms with van der Waals surface area (Å²) >= 11 is 0. The van der Waals surface area contributed by atoms with Gasteiger partial charge in [0.1, 0.15) is 61.5 Å². The van der Waals surface area contributed by atoms with Gasteiger partial charge in [-0.25, -0.2) is 19.2 Å². The van der Waals surface area contributed by atoms with Gasteiger partial charge in [-0.3, -0.25) is 0 Å². The topological polar surface area (TPSA) is 227 Å². The molecule has 3 heterocycles. The van der Waals surface area contributed by atoms with E-state index >= 15 is 9.59 Å². The molecule has 0 unspecified atom stereocenters. The number of hydrogen-bond acceptors (Lipinski definition) is 20. The molecule has 10 aromatic carbocycles. The predicted molar refractivity (Wildman–Crippen MR) is 394 cm³/mol. The van der Waals surface area contributed by atoms with Gasteiger partial charge in [0.25, 0.3) is 0 Å². The molecule has 0 spiro atoms. The molecule has 0 bridgehead atoms. The first kappa shape index (κ1) is 75.8. The number of aliphatic hydroxyl groups is 1. The predicted octanol–water partition coefficient (Wildman–Crippen LogP) is 13.2. The van der Waals surface area contributed by atoms with Crippen molar-refractivity contribution in [3.8, 4) is 0 Å². The van der Waals surface area contributed by atoms with Gasteiger partial charge in [-0.2, -0.15) is 0 Å². The van der Waals surface area contributed by atoms with Crippen molar-refractivity contribution in [2.45, 2.75) is 132 Å². The standard InChI is InChI=1S/C88H84O20/c89-82(66-43-23-7-24-44-66)100-59-72-74(104-83(90)67-45-25-8-26-46-67)78(105-84(91)68-47-27-9-28-48-68)81(106-85(92)69-49-29-10-30-50-69)88(103-72)107-75-71(58-95-52-61-33-13-2-14-34-61)101-86(93)79(98-55-64-39-19-5-20-40-64)77(75)108-87-80(99-56-65-41-21-6-22-42-65)76(97-54-63-37-17-4-18-38-63)73(96-53-62-35-15-3-16-36-62)70(102-87)57-94-51-60-31-11-1-12-32-60/h1-50,70-81,86-88,93H,51-59H2/t70-,71-,72-,73-,74-,75-,76+,77+,78+,79-,80-,81-,86+,87-,88+/m1/s1. The van der Waals surface area contributed by atoms with Crippen molar-refractivity contribution in [2.75, 3.05) is 19.8 Å². The number of ether oxygens (including phenoxy) is 15. The number of hydrogen-bond donors (Lipinski definition) is 1. The summed E-state index contributed by atoms with van der Waals surface area (Å²) in [7, 11) is 0. The van der Waals surface area contributed by atoms with Crippen LogP contribution < -0.4 is 0 Å². The highest BCUT2D eigenvalue weighted by atomic mass is 16.8. The van der Waals surface area contributed by atoms with Gasteiger partial charge < -0.3 is 76.2 Å². The lowest BCUT2D eigenvalue weighted by Crippen LogP contribution is -2.68. The van der Waals surface area contributed by atoms with E-state index in [-0.39, 0.29) is 75.1 Å². The average Bonchev–Trinajstić information content (AvgIpc) is 0.756. The molecule has 3 fully saturated rings. The molecule has 3 aliphatic rings. The van der Waals surface area contributed by atoms with E-state index in [2.05, 4.69) is 0 Å². The normalized spacial score (nSPS) is 24.0. The van der Waals surface area contributed by atoms with Gasteiger partial charge >= 0.3 is 23.9 Å². The van der Waals surface area contributed by atoms with Crippen molar-refractivity contribution in [3.05, 3.63) is 359 Å². The van der Waals surface area contributed by atoms with Gasteiger partial charge in [0.05, 0.1) is 75.1 Å². The Kier molecular flexibility index (Phi) is 27.3. The lowest BCUT2D eigenvalue weighted by molar-refractivity contribution is -0.392. The van der Waals surface area contributed by atoms with Crippen LogP contribution in [0.5, 0.6) is 0 Å². The molecule has 0 saturated carbocycles. The van der Waals surface area contributed by atoms with Crippen LogP contribution in [0.3, 0.4) is 0 Å². The fourth-order valence-corrected chi connectivity index (χ4v) is 13.0. The SMILES string of the molecule is O=C(OC[C@H]1O[C@@H](O[C@H]2[C@H](O[C@H]3O[C@H](COCc4ccccc4)[C@@H](OCc4ccccc4)[C@H](OCc4ccccc4)[C@H]3OCc3ccccc3)[C@@H](OCc3ccccc3)[C@@H](O)O[C@@H]2COCc2ccccc2)[C@H](OC(=O)c2ccccc2)[C@@H](OC(=O)c2ccccc2)[C@@H]1OC(=O)c1ccccc1)c1ccccc1. The summed E-state index contributed by atoms with van der Waals surface area (Å²) in [5.74, 6) is -3.59. The molecule has 556 valence electrons. The molecule has 1 N–H and O–H groups in total. The summed E-state index contributed by atoms with van der Waals surface area (Å²) in [6.07, 6.45) is -22.8. The maximum atomic E-state index is 15.1. The van der Waals surface area contributed by atoms with Gasteiger partial charge in [0, 0.05) is 0 Å². The maximum Gasteiger partial charge on any atom is 0.338 e. The Bertz CT molecular complexity index is 4330. The Morgan fingerprint density at radius 2 is 0.546 bits per heavy atom. The van der Waals surface area contributed by atoms with Crippen LogP contribution in [0.15, 0.2) is 303 Å².